The van der Waals surface area contributed by atoms with Crippen LogP contribution in [0.1, 0.15) is 31.2 Å². The first-order valence-corrected chi connectivity index (χ1v) is 5.75. The zero-order valence-corrected chi connectivity index (χ0v) is 9.83. The molecule has 0 aromatic carbocycles. The van der Waals surface area contributed by atoms with Crippen LogP contribution >= 0.6 is 15.9 Å². The topological polar surface area (TPSA) is 50.2 Å². The molecule has 15 heavy (non-hydrogen) atoms. The number of halogens is 1. The first-order valence-electron chi connectivity index (χ1n) is 4.95. The van der Waals surface area contributed by atoms with Crippen molar-refractivity contribution >= 4 is 21.9 Å². The van der Waals surface area contributed by atoms with Crippen LogP contribution in [0.2, 0.25) is 0 Å². The monoisotopic (exact) mass is 269 g/mol. The molecule has 1 aliphatic rings. The fourth-order valence-electron chi connectivity index (χ4n) is 2.16. The molecule has 1 fully saturated rings. The van der Waals surface area contributed by atoms with E-state index in [0.717, 1.165) is 29.3 Å². The van der Waals surface area contributed by atoms with E-state index in [4.69, 9.17) is 5.11 Å². The molecule has 1 aromatic heterocycles. The summed E-state index contributed by atoms with van der Waals surface area (Å²) in [6, 6.07) is 1.98. The second kappa shape index (κ2) is 3.93. The molecule has 1 aromatic rings. The highest BCUT2D eigenvalue weighted by Crippen LogP contribution is 2.46. The van der Waals surface area contributed by atoms with Crippen LogP contribution in [0.25, 0.3) is 0 Å². The maximum absolute atomic E-state index is 10.8. The lowest BCUT2D eigenvalue weighted by Gasteiger charge is -2.41. The summed E-state index contributed by atoms with van der Waals surface area (Å²) in [4.78, 5) is 14.9. The highest BCUT2D eigenvalue weighted by atomic mass is 79.9. The first kappa shape index (κ1) is 10.6. The van der Waals surface area contributed by atoms with E-state index in [0.29, 0.717) is 0 Å². The van der Waals surface area contributed by atoms with Crippen LogP contribution in [0.3, 0.4) is 0 Å². The van der Waals surface area contributed by atoms with Crippen molar-refractivity contribution in [3.8, 4) is 0 Å². The predicted octanol–water partition coefficient (Wildman–Crippen LogP) is 2.74. The second-order valence-electron chi connectivity index (χ2n) is 4.10. The van der Waals surface area contributed by atoms with Crippen molar-refractivity contribution in [2.75, 3.05) is 0 Å². The van der Waals surface area contributed by atoms with E-state index >= 15 is 0 Å². The predicted molar refractivity (Wildman–Crippen MR) is 59.7 cm³/mol. The zero-order valence-electron chi connectivity index (χ0n) is 8.24. The minimum absolute atomic E-state index is 0.164. The van der Waals surface area contributed by atoms with Crippen molar-refractivity contribution in [3.05, 3.63) is 28.5 Å². The summed E-state index contributed by atoms with van der Waals surface area (Å²) in [5.74, 6) is -0.727. The lowest BCUT2D eigenvalue weighted by atomic mass is 9.63. The van der Waals surface area contributed by atoms with Crippen molar-refractivity contribution < 1.29 is 9.90 Å². The molecule has 0 amide bonds. The maximum atomic E-state index is 10.8. The van der Waals surface area contributed by atoms with Gasteiger partial charge in [-0.1, -0.05) is 6.42 Å². The van der Waals surface area contributed by atoms with Gasteiger partial charge in [-0.15, -0.1) is 0 Å². The Balaban J connectivity index is 2.29. The van der Waals surface area contributed by atoms with Crippen molar-refractivity contribution in [2.45, 2.75) is 31.1 Å². The van der Waals surface area contributed by atoms with Crippen molar-refractivity contribution in [1.82, 2.24) is 4.98 Å². The number of nitrogens with zero attached hydrogens (tertiary/aromatic N) is 1. The molecule has 0 bridgehead atoms. The molecule has 0 atom stereocenters. The number of carboxylic acids is 1. The number of aliphatic carboxylic acids is 1. The van der Waals surface area contributed by atoms with Crippen molar-refractivity contribution in [2.24, 2.45) is 0 Å². The summed E-state index contributed by atoms with van der Waals surface area (Å²) in [5, 5.41) is 8.91. The van der Waals surface area contributed by atoms with Crippen molar-refractivity contribution in [3.63, 3.8) is 0 Å². The Kier molecular flexibility index (Phi) is 2.78. The molecule has 4 heteroatoms. The summed E-state index contributed by atoms with van der Waals surface area (Å²) in [7, 11) is 0. The van der Waals surface area contributed by atoms with Gasteiger partial charge in [-0.05, 0) is 40.4 Å². The third kappa shape index (κ3) is 2.04. The van der Waals surface area contributed by atoms with Crippen LogP contribution in [0, 0.1) is 0 Å². The van der Waals surface area contributed by atoms with E-state index in [1.807, 2.05) is 6.07 Å². The van der Waals surface area contributed by atoms with Gasteiger partial charge >= 0.3 is 5.97 Å². The van der Waals surface area contributed by atoms with Crippen molar-refractivity contribution in [1.29, 1.82) is 0 Å². The number of pyridine rings is 1. The zero-order chi connectivity index (χ0) is 10.9. The van der Waals surface area contributed by atoms with E-state index in [1.165, 1.54) is 0 Å². The summed E-state index contributed by atoms with van der Waals surface area (Å²) in [5.41, 5.74) is 0.883. The van der Waals surface area contributed by atoms with E-state index < -0.39 is 5.97 Å². The van der Waals surface area contributed by atoms with Gasteiger partial charge in [0.2, 0.25) is 0 Å². The van der Waals surface area contributed by atoms with Gasteiger partial charge in [0, 0.05) is 22.3 Å². The fraction of sp³-hybridized carbons (Fsp3) is 0.455. The van der Waals surface area contributed by atoms with Crippen LogP contribution in [0.4, 0.5) is 0 Å². The molecule has 1 N–H and O–H groups in total. The van der Waals surface area contributed by atoms with E-state index in [-0.39, 0.29) is 11.8 Å². The molecular weight excluding hydrogens is 258 g/mol. The molecule has 80 valence electrons. The third-order valence-corrected chi connectivity index (χ3v) is 3.55. The molecule has 0 unspecified atom stereocenters. The summed E-state index contributed by atoms with van der Waals surface area (Å²) < 4.78 is 0.914. The molecule has 0 spiro atoms. The average molecular weight is 270 g/mol. The Morgan fingerprint density at radius 1 is 1.53 bits per heavy atom. The first-order chi connectivity index (χ1) is 7.12. The molecule has 1 saturated carbocycles. The second-order valence-corrected chi connectivity index (χ2v) is 5.01. The number of carbonyl (C=O) groups is 1. The molecule has 0 aliphatic heterocycles. The minimum atomic E-state index is -0.727. The molecule has 2 rings (SSSR count). The van der Waals surface area contributed by atoms with E-state index in [9.17, 15) is 4.79 Å². The molecule has 1 heterocycles. The van der Waals surface area contributed by atoms with Crippen LogP contribution < -0.4 is 0 Å². The number of rotatable bonds is 3. The average Bonchev–Trinajstić information content (AvgIpc) is 2.11. The van der Waals surface area contributed by atoms with Crippen LogP contribution in [0.15, 0.2) is 22.9 Å². The number of aromatic nitrogens is 1. The Labute approximate surface area is 96.7 Å². The smallest absolute Gasteiger partial charge is 0.304 e. The number of carboxylic acid groups (broad SMARTS) is 1. The SMILES string of the molecule is O=C(O)CC1(c2cncc(Br)c2)CCC1. The van der Waals surface area contributed by atoms with Gasteiger partial charge in [0.05, 0.1) is 6.42 Å². The van der Waals surface area contributed by atoms with Crippen LogP contribution in [-0.2, 0) is 10.2 Å². The van der Waals surface area contributed by atoms with Gasteiger partial charge in [-0.3, -0.25) is 9.78 Å². The minimum Gasteiger partial charge on any atom is -0.481 e. The quantitative estimate of drug-likeness (QED) is 0.918. The summed E-state index contributed by atoms with van der Waals surface area (Å²) in [6.45, 7) is 0. The Morgan fingerprint density at radius 3 is 2.73 bits per heavy atom. The lowest BCUT2D eigenvalue weighted by molar-refractivity contribution is -0.139. The molecule has 3 nitrogen and oxygen atoms in total. The highest BCUT2D eigenvalue weighted by Gasteiger charge is 2.40. The number of hydrogen-bond acceptors (Lipinski definition) is 2. The molecule has 0 saturated heterocycles. The van der Waals surface area contributed by atoms with Gasteiger partial charge < -0.3 is 5.11 Å². The Morgan fingerprint density at radius 2 is 2.27 bits per heavy atom. The molecule has 1 aliphatic carbocycles. The van der Waals surface area contributed by atoms with Gasteiger partial charge in [0.25, 0.3) is 0 Å². The van der Waals surface area contributed by atoms with Gasteiger partial charge in [-0.25, -0.2) is 0 Å². The van der Waals surface area contributed by atoms with E-state index in [2.05, 4.69) is 20.9 Å². The normalized spacial score (nSPS) is 18.2. The number of hydrogen-bond donors (Lipinski definition) is 1. The van der Waals surface area contributed by atoms with Gasteiger partial charge in [0.15, 0.2) is 0 Å². The highest BCUT2D eigenvalue weighted by molar-refractivity contribution is 9.10. The largest absolute Gasteiger partial charge is 0.481 e. The van der Waals surface area contributed by atoms with Crippen LogP contribution in [0.5, 0.6) is 0 Å². The Hall–Kier alpha value is -0.900. The summed E-state index contributed by atoms with van der Waals surface area (Å²) in [6.07, 6.45) is 6.74. The lowest BCUT2D eigenvalue weighted by Crippen LogP contribution is -2.36. The Bertz CT molecular complexity index is 388. The van der Waals surface area contributed by atoms with E-state index in [1.54, 1.807) is 12.4 Å². The molecule has 0 radical (unpaired) electrons. The summed E-state index contributed by atoms with van der Waals surface area (Å²) >= 11 is 3.36. The van der Waals surface area contributed by atoms with Gasteiger partial charge in [-0.2, -0.15) is 0 Å². The van der Waals surface area contributed by atoms with Crippen LogP contribution in [-0.4, -0.2) is 16.1 Å². The maximum Gasteiger partial charge on any atom is 0.304 e. The fourth-order valence-corrected chi connectivity index (χ4v) is 2.53. The van der Waals surface area contributed by atoms with Gasteiger partial charge in [0.1, 0.15) is 0 Å². The third-order valence-electron chi connectivity index (χ3n) is 3.12. The molecular formula is C11H12BrNO2. The standard InChI is InChI=1S/C11H12BrNO2/c12-9-4-8(6-13-7-9)11(2-1-3-11)5-10(14)15/h4,6-7H,1-3,5H2,(H,14,15).